The summed E-state index contributed by atoms with van der Waals surface area (Å²) >= 11 is 1.37. The summed E-state index contributed by atoms with van der Waals surface area (Å²) in [5.41, 5.74) is 4.72. The summed E-state index contributed by atoms with van der Waals surface area (Å²) in [6.07, 6.45) is 1.64. The number of anilines is 3. The Morgan fingerprint density at radius 1 is 1.06 bits per heavy atom. The summed E-state index contributed by atoms with van der Waals surface area (Å²) in [4.78, 5) is 33.4. The highest BCUT2D eigenvalue weighted by atomic mass is 32.1. The average molecular weight is 430 g/mol. The van der Waals surface area contributed by atoms with Gasteiger partial charge in [-0.1, -0.05) is 24.3 Å². The number of ketones is 1. The molecule has 0 fully saturated rings. The SMILES string of the molecule is O=C(Nc1cc(-c2[nH]c3c(c2Nc2ccccc2)C(=O)CNC3)ccn1)c1cccs1. The molecule has 0 aliphatic carbocycles. The van der Waals surface area contributed by atoms with Gasteiger partial charge in [-0.2, -0.15) is 0 Å². The Morgan fingerprint density at radius 3 is 2.74 bits per heavy atom. The van der Waals surface area contributed by atoms with Gasteiger partial charge in [0.1, 0.15) is 5.82 Å². The van der Waals surface area contributed by atoms with Crippen LogP contribution in [0.25, 0.3) is 11.3 Å². The normalized spacial score (nSPS) is 13.0. The van der Waals surface area contributed by atoms with Crippen molar-refractivity contribution in [3.63, 3.8) is 0 Å². The molecular formula is C23H19N5O2S. The first-order valence-electron chi connectivity index (χ1n) is 9.81. The highest BCUT2D eigenvalue weighted by Crippen LogP contribution is 2.37. The number of benzene rings is 1. The molecule has 4 heterocycles. The molecule has 1 aliphatic heterocycles. The zero-order valence-electron chi connectivity index (χ0n) is 16.4. The molecule has 0 atom stereocenters. The molecule has 0 bridgehead atoms. The number of aromatic nitrogens is 2. The lowest BCUT2D eigenvalue weighted by atomic mass is 10.0. The second-order valence-corrected chi connectivity index (χ2v) is 8.06. The molecule has 0 radical (unpaired) electrons. The van der Waals surface area contributed by atoms with Crippen molar-refractivity contribution in [2.24, 2.45) is 0 Å². The number of hydrogen-bond acceptors (Lipinski definition) is 6. The molecule has 1 aromatic carbocycles. The molecule has 4 N–H and O–H groups in total. The van der Waals surface area contributed by atoms with E-state index in [2.05, 4.69) is 25.9 Å². The largest absolute Gasteiger partial charge is 0.355 e. The van der Waals surface area contributed by atoms with Crippen molar-refractivity contribution in [3.05, 3.63) is 82.3 Å². The lowest BCUT2D eigenvalue weighted by Gasteiger charge is -2.14. The number of carbonyl (C=O) groups is 2. The Morgan fingerprint density at radius 2 is 1.94 bits per heavy atom. The fourth-order valence-electron chi connectivity index (χ4n) is 3.63. The van der Waals surface area contributed by atoms with E-state index in [0.29, 0.717) is 29.3 Å². The van der Waals surface area contributed by atoms with Crippen LogP contribution in [0.5, 0.6) is 0 Å². The number of thiophene rings is 1. The van der Waals surface area contributed by atoms with Gasteiger partial charge in [0.15, 0.2) is 5.78 Å². The first-order chi connectivity index (χ1) is 15.2. The van der Waals surface area contributed by atoms with Crippen LogP contribution in [0.3, 0.4) is 0 Å². The first-order valence-corrected chi connectivity index (χ1v) is 10.7. The van der Waals surface area contributed by atoms with E-state index in [-0.39, 0.29) is 11.7 Å². The number of nitrogens with one attached hydrogen (secondary N) is 4. The van der Waals surface area contributed by atoms with Gasteiger partial charge in [-0.25, -0.2) is 4.98 Å². The van der Waals surface area contributed by atoms with Gasteiger partial charge in [-0.3, -0.25) is 9.59 Å². The van der Waals surface area contributed by atoms with Crippen molar-refractivity contribution in [1.29, 1.82) is 0 Å². The number of aromatic amines is 1. The van der Waals surface area contributed by atoms with E-state index in [1.807, 2.05) is 47.8 Å². The Kier molecular flexibility index (Phi) is 5.07. The Balaban J connectivity index is 1.54. The Bertz CT molecular complexity index is 1250. The van der Waals surface area contributed by atoms with Crippen LogP contribution >= 0.6 is 11.3 Å². The van der Waals surface area contributed by atoms with Gasteiger partial charge in [-0.05, 0) is 35.7 Å². The third-order valence-corrected chi connectivity index (χ3v) is 5.89. The zero-order valence-corrected chi connectivity index (χ0v) is 17.3. The van der Waals surface area contributed by atoms with Crippen LogP contribution in [-0.2, 0) is 6.54 Å². The van der Waals surface area contributed by atoms with Gasteiger partial charge in [0.25, 0.3) is 5.91 Å². The summed E-state index contributed by atoms with van der Waals surface area (Å²) in [5, 5.41) is 11.2. The van der Waals surface area contributed by atoms with Crippen molar-refractivity contribution in [2.45, 2.75) is 6.54 Å². The standard InChI is InChI=1S/C23H19N5O2S/c29-17-13-24-12-16-20(17)22(26-15-5-2-1-3-6-15)21(27-16)14-8-9-25-19(11-14)28-23(30)18-7-4-10-31-18/h1-11,24,26-27H,12-13H2,(H,25,28,30). The third kappa shape index (κ3) is 3.86. The van der Waals surface area contributed by atoms with Gasteiger partial charge in [0.2, 0.25) is 0 Å². The first kappa shape index (κ1) is 19.2. The third-order valence-electron chi connectivity index (χ3n) is 5.02. The topological polar surface area (TPSA) is 98.9 Å². The van der Waals surface area contributed by atoms with Crippen molar-refractivity contribution >= 4 is 40.2 Å². The van der Waals surface area contributed by atoms with Crippen molar-refractivity contribution in [3.8, 4) is 11.3 Å². The zero-order chi connectivity index (χ0) is 21.2. The molecule has 0 saturated carbocycles. The van der Waals surface area contributed by atoms with Gasteiger partial charge < -0.3 is 20.9 Å². The maximum Gasteiger partial charge on any atom is 0.266 e. The minimum Gasteiger partial charge on any atom is -0.355 e. The summed E-state index contributed by atoms with van der Waals surface area (Å²) in [6.45, 7) is 0.879. The smallest absolute Gasteiger partial charge is 0.266 e. The molecule has 3 aromatic heterocycles. The maximum absolute atomic E-state index is 12.7. The fourth-order valence-corrected chi connectivity index (χ4v) is 4.25. The number of carbonyl (C=O) groups excluding carboxylic acids is 2. The summed E-state index contributed by atoms with van der Waals surface area (Å²) < 4.78 is 0. The lowest BCUT2D eigenvalue weighted by Crippen LogP contribution is -2.29. The highest BCUT2D eigenvalue weighted by Gasteiger charge is 2.27. The van der Waals surface area contributed by atoms with E-state index < -0.39 is 0 Å². The van der Waals surface area contributed by atoms with Crippen LogP contribution in [0.4, 0.5) is 17.2 Å². The molecule has 1 aliphatic rings. The predicted octanol–water partition coefficient (Wildman–Crippen LogP) is 4.42. The molecular weight excluding hydrogens is 410 g/mol. The average Bonchev–Trinajstić information content (AvgIpc) is 3.44. The number of rotatable bonds is 5. The van der Waals surface area contributed by atoms with E-state index >= 15 is 0 Å². The molecule has 0 spiro atoms. The summed E-state index contributed by atoms with van der Waals surface area (Å²) in [7, 11) is 0. The molecule has 0 unspecified atom stereocenters. The number of H-pyrrole nitrogens is 1. The van der Waals surface area contributed by atoms with Gasteiger partial charge in [-0.15, -0.1) is 11.3 Å². The van der Waals surface area contributed by atoms with Gasteiger partial charge in [0.05, 0.1) is 28.4 Å². The second kappa shape index (κ2) is 8.17. The van der Waals surface area contributed by atoms with E-state index in [0.717, 1.165) is 28.3 Å². The molecule has 8 heteroatoms. The van der Waals surface area contributed by atoms with E-state index in [9.17, 15) is 9.59 Å². The fraction of sp³-hybridized carbons (Fsp3) is 0.0870. The van der Waals surface area contributed by atoms with E-state index in [4.69, 9.17) is 0 Å². The number of pyridine rings is 1. The van der Waals surface area contributed by atoms with Gasteiger partial charge >= 0.3 is 0 Å². The Labute approximate surface area is 182 Å². The number of fused-ring (bicyclic) bond motifs is 1. The van der Waals surface area contributed by atoms with Crippen LogP contribution in [-0.4, -0.2) is 28.2 Å². The molecule has 0 saturated heterocycles. The molecule has 154 valence electrons. The van der Waals surface area contributed by atoms with E-state index in [1.54, 1.807) is 18.3 Å². The molecule has 5 rings (SSSR count). The van der Waals surface area contributed by atoms with Crippen LogP contribution in [0, 0.1) is 0 Å². The lowest BCUT2D eigenvalue weighted by molar-refractivity contribution is 0.0981. The molecule has 31 heavy (non-hydrogen) atoms. The number of para-hydroxylation sites is 1. The second-order valence-electron chi connectivity index (χ2n) is 7.11. The van der Waals surface area contributed by atoms with Crippen LogP contribution < -0.4 is 16.0 Å². The summed E-state index contributed by atoms with van der Waals surface area (Å²) in [6, 6.07) is 17.0. The number of hydrogen-bond donors (Lipinski definition) is 4. The van der Waals surface area contributed by atoms with Crippen LogP contribution in [0.15, 0.2) is 66.2 Å². The van der Waals surface area contributed by atoms with Crippen molar-refractivity contribution in [2.75, 3.05) is 17.2 Å². The monoisotopic (exact) mass is 429 g/mol. The molecule has 1 amide bonds. The quantitative estimate of drug-likeness (QED) is 0.376. The minimum atomic E-state index is -0.201. The molecule has 4 aromatic rings. The number of nitrogens with zero attached hydrogens (tertiary/aromatic N) is 1. The summed E-state index contributed by atoms with van der Waals surface area (Å²) in [5.74, 6) is 0.272. The number of Topliss-reactive ketones (excluding diaryl/α,β-unsaturated/α-hetero) is 1. The highest BCUT2D eigenvalue weighted by molar-refractivity contribution is 7.12. The molecule has 7 nitrogen and oxygen atoms in total. The predicted molar refractivity (Wildman–Crippen MR) is 122 cm³/mol. The van der Waals surface area contributed by atoms with Crippen molar-refractivity contribution in [1.82, 2.24) is 15.3 Å². The minimum absolute atomic E-state index is 0.0301. The van der Waals surface area contributed by atoms with Crippen LogP contribution in [0.2, 0.25) is 0 Å². The van der Waals surface area contributed by atoms with Crippen molar-refractivity contribution < 1.29 is 9.59 Å². The maximum atomic E-state index is 12.7. The number of amides is 1. The Hall–Kier alpha value is -3.75. The van der Waals surface area contributed by atoms with Gasteiger partial charge in [0, 0.05) is 29.7 Å². The van der Waals surface area contributed by atoms with Crippen LogP contribution in [0.1, 0.15) is 25.7 Å². The van der Waals surface area contributed by atoms with E-state index in [1.165, 1.54) is 11.3 Å².